The molecule has 3 aliphatic rings. The molecule has 0 fully saturated rings. The number of hydrogen-bond donors (Lipinski definition) is 0. The molecule has 6 heteroatoms. The van der Waals surface area contributed by atoms with Crippen LogP contribution in [0, 0.1) is 0 Å². The molecule has 3 nitrogen and oxygen atoms in total. The van der Waals surface area contributed by atoms with Crippen molar-refractivity contribution in [2.24, 2.45) is 0 Å². The molecule has 6 heterocycles. The number of nitrogens with zero attached hydrogens (tertiary/aromatic N) is 3. The zero-order valence-corrected chi connectivity index (χ0v) is 67.9. The highest BCUT2D eigenvalue weighted by atomic mass is 32.1. The van der Waals surface area contributed by atoms with Gasteiger partial charge >= 0.3 is 0 Å². The van der Waals surface area contributed by atoms with Crippen LogP contribution in [-0.2, 0) is 16.2 Å². The van der Waals surface area contributed by atoms with Crippen molar-refractivity contribution in [3.63, 3.8) is 0 Å². The maximum Gasteiger partial charge on any atom is 0.0623 e. The second-order valence-corrected chi connectivity index (χ2v) is 37.3. The first-order valence-corrected chi connectivity index (χ1v) is 43.3. The van der Waals surface area contributed by atoms with Gasteiger partial charge in [0.05, 0.1) is 33.1 Å². The van der Waals surface area contributed by atoms with Crippen molar-refractivity contribution in [2.75, 3.05) is 0 Å². The van der Waals surface area contributed by atoms with Crippen LogP contribution in [0.4, 0.5) is 0 Å². The van der Waals surface area contributed by atoms with Crippen LogP contribution in [0.25, 0.3) is 209 Å². The van der Waals surface area contributed by atoms with E-state index in [9.17, 15) is 0 Å². The minimum Gasteiger partial charge on any atom is -0.309 e. The van der Waals surface area contributed by atoms with E-state index in [0.29, 0.717) is 0 Å². The SMILES string of the molecule is CC1(C)c2ccccc2-c2c1c1c3ccccc3n(-c3ccc4c(c3)sc3ccccc34)c1c1ccccc21.CC1(C)c2ccccc2-c2cc3c(cc21)c1cc2ccccc2cc1n3-c1ccc2c(c1)sc1ccccc12.CC1(C)c2ccccc2-c2ccc3c4c5ccccc5ccc4n(-c4ccc5c(c4)sc4ccccc45)c3c21. The summed E-state index contributed by atoms with van der Waals surface area (Å²) in [5.74, 6) is 0. The molecule has 0 bridgehead atoms. The van der Waals surface area contributed by atoms with Gasteiger partial charge in [-0.25, -0.2) is 0 Å². The van der Waals surface area contributed by atoms with Gasteiger partial charge in [-0.05, 0) is 185 Å². The Balaban J connectivity index is 0.0000000980. The number of benzene rings is 18. The van der Waals surface area contributed by atoms with Crippen LogP contribution in [0.5, 0.6) is 0 Å². The molecule has 0 unspecified atom stereocenters. The standard InChI is InChI=1S/3C37H25NS/c1-37(2)29-16-8-5-14-27(29)33-25-12-3-4-13-26(25)36-34(35(33)37)28-15-6-9-17-30(28)38(36)22-19-20-24-23-11-7-10-18-31(23)39-32(24)21-22;1-37(2)30-13-7-5-11-25(30)28-18-19-29-34-24-10-4-3-9-22(24)15-20-31(34)38(36(29)35(28)37)23-16-17-27-26-12-6-8-14-32(26)39-33(27)21-23;1-37(2)31-13-7-5-11-25(31)28-21-34-30(20-32(28)37)29-17-22-9-3-4-10-23(22)18-33(29)38(34)24-15-16-27-26-12-6-8-14-35(26)39-36(27)19-24/h3*3-21H,1-2H3. The van der Waals surface area contributed by atoms with Gasteiger partial charge in [0.2, 0.25) is 0 Å². The van der Waals surface area contributed by atoms with E-state index in [0.717, 1.165) is 0 Å². The smallest absolute Gasteiger partial charge is 0.0623 e. The van der Waals surface area contributed by atoms with Crippen LogP contribution in [-0.4, -0.2) is 13.7 Å². The second kappa shape index (κ2) is 24.4. The Morgan fingerprint density at radius 1 is 0.205 bits per heavy atom. The largest absolute Gasteiger partial charge is 0.309 e. The van der Waals surface area contributed by atoms with Crippen LogP contribution < -0.4 is 0 Å². The Bertz CT molecular complexity index is 8500. The summed E-state index contributed by atoms with van der Waals surface area (Å²) in [6.45, 7) is 14.3. The first kappa shape index (κ1) is 67.2. The van der Waals surface area contributed by atoms with Crippen LogP contribution in [0.3, 0.4) is 0 Å². The van der Waals surface area contributed by atoms with Crippen LogP contribution in [0.15, 0.2) is 346 Å². The molecule has 0 saturated heterocycles. The lowest BCUT2D eigenvalue weighted by molar-refractivity contribution is 0.661. The van der Waals surface area contributed by atoms with Gasteiger partial charge in [-0.15, -0.1) is 34.0 Å². The Morgan fingerprint density at radius 2 is 0.632 bits per heavy atom. The fourth-order valence-corrected chi connectivity index (χ4v) is 25.0. The van der Waals surface area contributed by atoms with E-state index >= 15 is 0 Å². The molecule has 0 saturated carbocycles. The third kappa shape index (κ3) is 9.37. The van der Waals surface area contributed by atoms with Crippen LogP contribution in [0.2, 0.25) is 0 Å². The fraction of sp³-hybridized carbons (Fsp3) is 0.0811. The summed E-state index contributed by atoms with van der Waals surface area (Å²) in [6.07, 6.45) is 0. The van der Waals surface area contributed by atoms with Crippen molar-refractivity contribution in [1.82, 2.24) is 13.7 Å². The number of hydrogen-bond acceptors (Lipinski definition) is 3. The van der Waals surface area contributed by atoms with Gasteiger partial charge in [0.1, 0.15) is 0 Å². The predicted octanol–water partition coefficient (Wildman–Crippen LogP) is 31.8. The van der Waals surface area contributed by atoms with E-state index in [4.69, 9.17) is 0 Å². The highest BCUT2D eigenvalue weighted by molar-refractivity contribution is 7.26. The summed E-state index contributed by atoms with van der Waals surface area (Å²) < 4.78 is 15.6. The lowest BCUT2D eigenvalue weighted by Crippen LogP contribution is -2.16. The predicted molar refractivity (Wildman–Crippen MR) is 506 cm³/mol. The maximum atomic E-state index is 2.55. The topological polar surface area (TPSA) is 14.8 Å². The number of thiophene rings is 3. The third-order valence-electron chi connectivity index (χ3n) is 26.9. The summed E-state index contributed by atoms with van der Waals surface area (Å²) in [6, 6.07) is 129. The molecule has 3 aliphatic carbocycles. The van der Waals surface area contributed by atoms with Crippen molar-refractivity contribution < 1.29 is 0 Å². The van der Waals surface area contributed by atoms with E-state index in [1.54, 1.807) is 0 Å². The number of fused-ring (bicyclic) bond motifs is 35. The van der Waals surface area contributed by atoms with E-state index in [2.05, 4.69) is 401 Å². The Kier molecular flexibility index (Phi) is 14.0. The molecule has 0 spiro atoms. The quantitative estimate of drug-likeness (QED) is 0.167. The molecule has 552 valence electrons. The molecule has 0 atom stereocenters. The molecule has 6 aromatic heterocycles. The van der Waals surface area contributed by atoms with Crippen molar-refractivity contribution in [2.45, 2.75) is 57.8 Å². The number of aromatic nitrogens is 3. The fourth-order valence-electron chi connectivity index (χ4n) is 21.6. The third-order valence-corrected chi connectivity index (χ3v) is 30.3. The highest BCUT2D eigenvalue weighted by Gasteiger charge is 2.42. The lowest BCUT2D eigenvalue weighted by atomic mass is 9.79. The minimum absolute atomic E-state index is 0.0264. The van der Waals surface area contributed by atoms with Gasteiger partial charge in [-0.1, -0.05) is 296 Å². The molecule has 117 heavy (non-hydrogen) atoms. The Labute approximate surface area is 688 Å². The van der Waals surface area contributed by atoms with E-state index < -0.39 is 0 Å². The first-order valence-electron chi connectivity index (χ1n) is 40.9. The van der Waals surface area contributed by atoms with Crippen LogP contribution in [0.1, 0.15) is 74.9 Å². The number of rotatable bonds is 3. The zero-order valence-electron chi connectivity index (χ0n) is 65.5. The summed E-state index contributed by atoms with van der Waals surface area (Å²) in [4.78, 5) is 0. The van der Waals surface area contributed by atoms with Crippen molar-refractivity contribution >= 4 is 192 Å². The maximum absolute atomic E-state index is 2.55. The van der Waals surface area contributed by atoms with Gasteiger partial charge < -0.3 is 13.7 Å². The molecule has 0 radical (unpaired) electrons. The first-order chi connectivity index (χ1) is 57.3. The van der Waals surface area contributed by atoms with Gasteiger partial charge in [0.15, 0.2) is 0 Å². The monoisotopic (exact) mass is 1550 g/mol. The molecule has 0 N–H and O–H groups in total. The van der Waals surface area contributed by atoms with Gasteiger partial charge in [-0.3, -0.25) is 0 Å². The van der Waals surface area contributed by atoms with Crippen molar-refractivity contribution in [1.29, 1.82) is 0 Å². The average molecular weight is 1550 g/mol. The van der Waals surface area contributed by atoms with Crippen molar-refractivity contribution in [3.05, 3.63) is 379 Å². The number of para-hydroxylation sites is 1. The molecular weight excluding hydrogens is 1470 g/mol. The van der Waals surface area contributed by atoms with E-state index in [-0.39, 0.29) is 16.2 Å². The molecule has 0 aliphatic heterocycles. The van der Waals surface area contributed by atoms with Crippen LogP contribution >= 0.6 is 34.0 Å². The molecule has 24 aromatic rings. The molecular formula is C111H75N3S3. The minimum atomic E-state index is -0.102. The summed E-state index contributed by atoms with van der Waals surface area (Å²) >= 11 is 5.66. The normalized spacial score (nSPS) is 14.1. The Hall–Kier alpha value is -13.2. The van der Waals surface area contributed by atoms with Gasteiger partial charge in [0.25, 0.3) is 0 Å². The second-order valence-electron chi connectivity index (χ2n) is 34.1. The highest BCUT2D eigenvalue weighted by Crippen LogP contribution is 2.59. The van der Waals surface area contributed by atoms with E-state index in [1.165, 1.54) is 242 Å². The summed E-state index contributed by atoms with van der Waals surface area (Å²) in [5, 5.41) is 23.9. The molecule has 0 amide bonds. The van der Waals surface area contributed by atoms with Gasteiger partial charge in [0, 0.05) is 132 Å². The Morgan fingerprint density at radius 3 is 1.25 bits per heavy atom. The summed E-state index contributed by atoms with van der Waals surface area (Å²) in [5.41, 5.74) is 27.9. The van der Waals surface area contributed by atoms with Gasteiger partial charge in [-0.2, -0.15) is 0 Å². The molecule has 18 aromatic carbocycles. The zero-order chi connectivity index (χ0) is 77.6. The van der Waals surface area contributed by atoms with Crippen molar-refractivity contribution in [3.8, 4) is 50.4 Å². The summed E-state index contributed by atoms with van der Waals surface area (Å²) in [7, 11) is 0. The lowest BCUT2D eigenvalue weighted by Gasteiger charge is -2.23. The van der Waals surface area contributed by atoms with E-state index in [1.807, 2.05) is 34.0 Å². The molecule has 27 rings (SSSR count). The average Bonchev–Trinajstić information content (AvgIpc) is 1.59.